The molecule has 1 atom stereocenters. The summed E-state index contributed by atoms with van der Waals surface area (Å²) in [4.78, 5) is 17.1. The lowest BCUT2D eigenvalue weighted by Crippen LogP contribution is -2.38. The van der Waals surface area contributed by atoms with Crippen molar-refractivity contribution in [2.75, 3.05) is 18.9 Å². The van der Waals surface area contributed by atoms with E-state index in [1.807, 2.05) is 12.1 Å². The van der Waals surface area contributed by atoms with Gasteiger partial charge in [0.05, 0.1) is 9.90 Å². The van der Waals surface area contributed by atoms with Gasteiger partial charge in [0.15, 0.2) is 0 Å². The molecule has 4 nitrogen and oxygen atoms in total. The van der Waals surface area contributed by atoms with Crippen LogP contribution in [0.1, 0.15) is 31.8 Å². The first-order valence-electron chi connectivity index (χ1n) is 6.77. The van der Waals surface area contributed by atoms with E-state index >= 15 is 0 Å². The Morgan fingerprint density at radius 3 is 2.95 bits per heavy atom. The second-order valence-corrected chi connectivity index (χ2v) is 8.24. The Hall–Kier alpha value is -1.08. The lowest BCUT2D eigenvalue weighted by molar-refractivity contribution is 0.0935. The largest absolute Gasteiger partial charge is 0.352 e. The Kier molecular flexibility index (Phi) is 3.22. The fraction of sp³-hybridized carbons (Fsp3) is 0.357. The molecule has 4 heterocycles. The maximum Gasteiger partial charge on any atom is 0.256 e. The summed E-state index contributed by atoms with van der Waals surface area (Å²) in [5.74, 6) is 0.0281. The van der Waals surface area contributed by atoms with Crippen molar-refractivity contribution in [1.82, 2.24) is 10.2 Å². The summed E-state index contributed by atoms with van der Waals surface area (Å²) in [6.07, 6.45) is 0.766. The third kappa shape index (κ3) is 2.26. The van der Waals surface area contributed by atoms with Crippen LogP contribution in [0.3, 0.4) is 0 Å². The molecule has 0 saturated carbocycles. The molecule has 4 rings (SSSR count). The number of rotatable bonds is 1. The lowest BCUT2D eigenvalue weighted by Gasteiger charge is -2.26. The Morgan fingerprint density at radius 2 is 2.19 bits per heavy atom. The van der Waals surface area contributed by atoms with Crippen molar-refractivity contribution in [2.45, 2.75) is 19.1 Å². The first-order chi connectivity index (χ1) is 10.1. The van der Waals surface area contributed by atoms with Crippen molar-refractivity contribution in [3.05, 3.63) is 37.4 Å². The van der Waals surface area contributed by atoms with E-state index in [1.165, 1.54) is 21.8 Å². The van der Waals surface area contributed by atoms with Crippen molar-refractivity contribution in [2.24, 2.45) is 0 Å². The topological polar surface area (TPSA) is 44.4 Å². The molecule has 2 aliphatic heterocycles. The highest BCUT2D eigenvalue weighted by Gasteiger charge is 2.33. The second-order valence-electron chi connectivity index (χ2n) is 5.39. The van der Waals surface area contributed by atoms with Gasteiger partial charge in [0, 0.05) is 22.8 Å². The summed E-state index contributed by atoms with van der Waals surface area (Å²) < 4.78 is 0.735. The van der Waals surface area contributed by atoms with Crippen LogP contribution in [-0.2, 0) is 13.0 Å². The van der Waals surface area contributed by atoms with Gasteiger partial charge in [-0.2, -0.15) is 0 Å². The van der Waals surface area contributed by atoms with E-state index in [4.69, 9.17) is 11.6 Å². The molecule has 2 aromatic heterocycles. The summed E-state index contributed by atoms with van der Waals surface area (Å²) >= 11 is 9.19. The number of halogens is 1. The van der Waals surface area contributed by atoms with E-state index in [9.17, 15) is 4.79 Å². The minimum Gasteiger partial charge on any atom is -0.352 e. The zero-order chi connectivity index (χ0) is 14.6. The highest BCUT2D eigenvalue weighted by molar-refractivity contribution is 7.17. The summed E-state index contributed by atoms with van der Waals surface area (Å²) in [5.41, 5.74) is 2.07. The summed E-state index contributed by atoms with van der Waals surface area (Å²) in [6.45, 7) is 1.94. The van der Waals surface area contributed by atoms with Gasteiger partial charge in [0.25, 0.3) is 5.91 Å². The number of amides is 1. The molecule has 0 radical (unpaired) electrons. The number of fused-ring (bicyclic) bond motifs is 3. The maximum absolute atomic E-state index is 12.5. The number of nitrogens with zero attached hydrogens (tertiary/aromatic N) is 1. The summed E-state index contributed by atoms with van der Waals surface area (Å²) in [7, 11) is 2.12. The first kappa shape index (κ1) is 13.6. The third-order valence-electron chi connectivity index (χ3n) is 3.90. The quantitative estimate of drug-likeness (QED) is 0.837. The predicted molar refractivity (Wildman–Crippen MR) is 87.5 cm³/mol. The van der Waals surface area contributed by atoms with Crippen LogP contribution >= 0.6 is 34.3 Å². The van der Waals surface area contributed by atoms with E-state index in [2.05, 4.69) is 22.6 Å². The standard InChI is InChI=1S/C14H14ClN3OS2/c1-18-5-4-7-9(6-18)21-14-11(7)13(19)16-12(17-14)8-2-3-10(15)20-8/h2-3,12,17H,4-6H2,1H3,(H,16,19). The molecule has 2 aliphatic rings. The number of carbonyl (C=O) groups is 1. The SMILES string of the molecule is CN1CCc2c(sc3c2C(=O)NC(c2ccc(Cl)s2)N3)C1. The molecule has 0 aliphatic carbocycles. The van der Waals surface area contributed by atoms with Crippen LogP contribution in [0.15, 0.2) is 12.1 Å². The molecule has 0 bridgehead atoms. The minimum absolute atomic E-state index is 0.0281. The monoisotopic (exact) mass is 339 g/mol. The smallest absolute Gasteiger partial charge is 0.256 e. The maximum atomic E-state index is 12.5. The molecule has 1 unspecified atom stereocenters. The Labute approximate surface area is 135 Å². The van der Waals surface area contributed by atoms with Gasteiger partial charge < -0.3 is 15.5 Å². The van der Waals surface area contributed by atoms with Crippen LogP contribution in [0.25, 0.3) is 0 Å². The van der Waals surface area contributed by atoms with E-state index in [1.54, 1.807) is 11.3 Å². The number of nitrogens with one attached hydrogen (secondary N) is 2. The Balaban J connectivity index is 1.71. The average Bonchev–Trinajstić information content (AvgIpc) is 3.01. The van der Waals surface area contributed by atoms with Crippen LogP contribution in [0.2, 0.25) is 4.34 Å². The number of carbonyl (C=O) groups excluding carboxylic acids is 1. The molecule has 1 amide bonds. The zero-order valence-corrected chi connectivity index (χ0v) is 13.8. The molecule has 2 aromatic rings. The molecule has 21 heavy (non-hydrogen) atoms. The van der Waals surface area contributed by atoms with Crippen LogP contribution < -0.4 is 10.6 Å². The summed E-state index contributed by atoms with van der Waals surface area (Å²) in [6, 6.07) is 3.82. The van der Waals surface area contributed by atoms with Gasteiger partial charge in [0.1, 0.15) is 11.2 Å². The number of anilines is 1. The van der Waals surface area contributed by atoms with Crippen molar-refractivity contribution >= 4 is 45.2 Å². The number of likely N-dealkylation sites (N-methyl/N-ethyl adjacent to an activating group) is 1. The Bertz CT molecular complexity index is 724. The van der Waals surface area contributed by atoms with E-state index < -0.39 is 0 Å². The second kappa shape index (κ2) is 4.98. The van der Waals surface area contributed by atoms with Gasteiger partial charge in [-0.1, -0.05) is 11.6 Å². The van der Waals surface area contributed by atoms with Crippen LogP contribution in [0.5, 0.6) is 0 Å². The molecule has 7 heteroatoms. The molecule has 0 spiro atoms. The highest BCUT2D eigenvalue weighted by Crippen LogP contribution is 2.41. The fourth-order valence-corrected chi connectivity index (χ4v) is 5.29. The average molecular weight is 340 g/mol. The zero-order valence-electron chi connectivity index (χ0n) is 11.4. The first-order valence-corrected chi connectivity index (χ1v) is 8.78. The van der Waals surface area contributed by atoms with Gasteiger partial charge in [-0.05, 0) is 31.2 Å². The van der Waals surface area contributed by atoms with Crippen LogP contribution in [-0.4, -0.2) is 24.4 Å². The Morgan fingerprint density at radius 1 is 1.33 bits per heavy atom. The number of thiophene rings is 2. The van der Waals surface area contributed by atoms with Crippen molar-refractivity contribution in [1.29, 1.82) is 0 Å². The van der Waals surface area contributed by atoms with E-state index in [0.29, 0.717) is 0 Å². The molecule has 2 N–H and O–H groups in total. The molecule has 110 valence electrons. The van der Waals surface area contributed by atoms with Crippen molar-refractivity contribution < 1.29 is 4.79 Å². The van der Waals surface area contributed by atoms with Crippen molar-refractivity contribution in [3.8, 4) is 0 Å². The minimum atomic E-state index is -0.180. The number of hydrogen-bond donors (Lipinski definition) is 2. The lowest BCUT2D eigenvalue weighted by atomic mass is 10.0. The highest BCUT2D eigenvalue weighted by atomic mass is 35.5. The normalized spacial score (nSPS) is 21.4. The van der Waals surface area contributed by atoms with Gasteiger partial charge in [-0.15, -0.1) is 22.7 Å². The van der Waals surface area contributed by atoms with E-state index in [-0.39, 0.29) is 12.1 Å². The molecular formula is C14H14ClN3OS2. The molecule has 0 saturated heterocycles. The van der Waals surface area contributed by atoms with Gasteiger partial charge in [0.2, 0.25) is 0 Å². The van der Waals surface area contributed by atoms with Gasteiger partial charge in [-0.3, -0.25) is 4.79 Å². The fourth-order valence-electron chi connectivity index (χ4n) is 2.87. The van der Waals surface area contributed by atoms with Gasteiger partial charge >= 0.3 is 0 Å². The van der Waals surface area contributed by atoms with Crippen LogP contribution in [0, 0.1) is 0 Å². The number of hydrogen-bond acceptors (Lipinski definition) is 5. The molecule has 0 aromatic carbocycles. The van der Waals surface area contributed by atoms with Gasteiger partial charge in [-0.25, -0.2) is 0 Å². The molecule has 0 fully saturated rings. The summed E-state index contributed by atoms with van der Waals surface area (Å²) in [5, 5.41) is 7.49. The van der Waals surface area contributed by atoms with Crippen LogP contribution in [0.4, 0.5) is 5.00 Å². The molecular weight excluding hydrogens is 326 g/mol. The van der Waals surface area contributed by atoms with Crippen molar-refractivity contribution in [3.63, 3.8) is 0 Å². The third-order valence-corrected chi connectivity index (χ3v) is 6.35. The van der Waals surface area contributed by atoms with E-state index in [0.717, 1.165) is 39.3 Å². The predicted octanol–water partition coefficient (Wildman–Crippen LogP) is 3.31.